The molecule has 2 amide bonds. The van der Waals surface area contributed by atoms with E-state index in [0.717, 1.165) is 38.3 Å². The molecule has 1 aliphatic carbocycles. The lowest BCUT2D eigenvalue weighted by Gasteiger charge is -2.56. The van der Waals surface area contributed by atoms with Crippen molar-refractivity contribution in [2.75, 3.05) is 26.2 Å². The SMILES string of the molecule is CCCC(=O)NC[C@H]1[C@H]2C[C@H](CN(C(=O)c3cccn3C3CC3)C2)[C@@H]2CCCCN21. The van der Waals surface area contributed by atoms with Gasteiger partial charge in [0.15, 0.2) is 0 Å². The summed E-state index contributed by atoms with van der Waals surface area (Å²) >= 11 is 0. The van der Waals surface area contributed by atoms with Crippen LogP contribution in [-0.2, 0) is 4.79 Å². The predicted molar refractivity (Wildman–Crippen MR) is 116 cm³/mol. The number of piperidine rings is 3. The van der Waals surface area contributed by atoms with Crippen molar-refractivity contribution in [2.45, 2.75) is 76.4 Å². The third kappa shape index (κ3) is 3.79. The molecule has 1 aromatic heterocycles. The highest BCUT2D eigenvalue weighted by Gasteiger charge is 2.48. The highest BCUT2D eigenvalue weighted by molar-refractivity contribution is 5.93. The van der Waals surface area contributed by atoms with Gasteiger partial charge in [-0.3, -0.25) is 14.5 Å². The molecular formula is C24H36N4O2. The van der Waals surface area contributed by atoms with Crippen molar-refractivity contribution < 1.29 is 9.59 Å². The summed E-state index contributed by atoms with van der Waals surface area (Å²) < 4.78 is 2.20. The maximum absolute atomic E-state index is 13.5. The molecule has 164 valence electrons. The summed E-state index contributed by atoms with van der Waals surface area (Å²) in [6.07, 6.45) is 10.9. The van der Waals surface area contributed by atoms with Crippen molar-refractivity contribution in [2.24, 2.45) is 11.8 Å². The lowest BCUT2D eigenvalue weighted by molar-refractivity contribution is -0.122. The van der Waals surface area contributed by atoms with Crippen molar-refractivity contribution in [3.8, 4) is 0 Å². The number of hydrogen-bond donors (Lipinski definition) is 1. The fourth-order valence-corrected chi connectivity index (χ4v) is 6.30. The molecule has 2 bridgehead atoms. The van der Waals surface area contributed by atoms with Crippen LogP contribution < -0.4 is 5.32 Å². The molecular weight excluding hydrogens is 376 g/mol. The van der Waals surface area contributed by atoms with Crippen LogP contribution in [-0.4, -0.2) is 64.4 Å². The summed E-state index contributed by atoms with van der Waals surface area (Å²) in [5, 5.41) is 3.21. The number of fused-ring (bicyclic) bond motifs is 4. The molecule has 0 radical (unpaired) electrons. The van der Waals surface area contributed by atoms with Gasteiger partial charge in [-0.2, -0.15) is 0 Å². The number of nitrogens with one attached hydrogen (secondary N) is 1. The number of nitrogens with zero attached hydrogens (tertiary/aromatic N) is 3. The summed E-state index contributed by atoms with van der Waals surface area (Å²) in [6.45, 7) is 5.63. The van der Waals surface area contributed by atoms with E-state index in [1.54, 1.807) is 0 Å². The Hall–Kier alpha value is -1.82. The first-order chi connectivity index (χ1) is 14.7. The van der Waals surface area contributed by atoms with E-state index in [0.29, 0.717) is 36.4 Å². The Kier molecular flexibility index (Phi) is 5.61. The van der Waals surface area contributed by atoms with Crippen LogP contribution in [0.25, 0.3) is 0 Å². The third-order valence-electron chi connectivity index (χ3n) is 7.83. The summed E-state index contributed by atoms with van der Waals surface area (Å²) in [4.78, 5) is 30.5. The van der Waals surface area contributed by atoms with Crippen LogP contribution in [0.4, 0.5) is 0 Å². The summed E-state index contributed by atoms with van der Waals surface area (Å²) in [7, 11) is 0. The average Bonchev–Trinajstić information content (AvgIpc) is 3.49. The molecule has 0 spiro atoms. The molecule has 1 aromatic rings. The molecule has 4 aliphatic rings. The summed E-state index contributed by atoms with van der Waals surface area (Å²) in [6, 6.07) is 5.47. The number of amides is 2. The molecule has 30 heavy (non-hydrogen) atoms. The van der Waals surface area contributed by atoms with Gasteiger partial charge in [-0.25, -0.2) is 0 Å². The van der Waals surface area contributed by atoms with Crippen LogP contribution in [0.1, 0.15) is 74.8 Å². The molecule has 3 aliphatic heterocycles. The highest BCUT2D eigenvalue weighted by atomic mass is 16.2. The van der Waals surface area contributed by atoms with Crippen molar-refractivity contribution in [1.29, 1.82) is 0 Å². The number of carbonyl (C=O) groups is 2. The van der Waals surface area contributed by atoms with E-state index in [2.05, 4.69) is 25.9 Å². The van der Waals surface area contributed by atoms with E-state index in [-0.39, 0.29) is 11.8 Å². The van der Waals surface area contributed by atoms with Gasteiger partial charge in [0, 0.05) is 50.4 Å². The van der Waals surface area contributed by atoms with Crippen molar-refractivity contribution in [3.05, 3.63) is 24.0 Å². The van der Waals surface area contributed by atoms with Gasteiger partial charge in [0.2, 0.25) is 5.91 Å². The van der Waals surface area contributed by atoms with E-state index in [9.17, 15) is 9.59 Å². The van der Waals surface area contributed by atoms with Gasteiger partial charge in [-0.1, -0.05) is 13.3 Å². The smallest absolute Gasteiger partial charge is 0.270 e. The largest absolute Gasteiger partial charge is 0.355 e. The van der Waals surface area contributed by atoms with Crippen molar-refractivity contribution in [3.63, 3.8) is 0 Å². The fraction of sp³-hybridized carbons (Fsp3) is 0.750. The summed E-state index contributed by atoms with van der Waals surface area (Å²) in [5.74, 6) is 1.40. The maximum atomic E-state index is 13.5. The zero-order chi connectivity index (χ0) is 20.7. The monoisotopic (exact) mass is 412 g/mol. The molecule has 1 saturated carbocycles. The molecule has 1 N–H and O–H groups in total. The highest BCUT2D eigenvalue weighted by Crippen LogP contribution is 2.42. The van der Waals surface area contributed by atoms with Gasteiger partial charge < -0.3 is 14.8 Å². The first-order valence-corrected chi connectivity index (χ1v) is 12.1. The van der Waals surface area contributed by atoms with Gasteiger partial charge in [-0.15, -0.1) is 0 Å². The standard InChI is InChI=1S/C24H36N4O2/c1-2-6-23(29)25-14-22-18-13-17(20-7-3-4-11-28(20)22)15-26(16-18)24(30)21-8-5-12-27(21)19-9-10-19/h5,8,12,17-20,22H,2-4,6-7,9-11,13-16H2,1H3,(H,25,29)/t17-,18+,20+,22+/m1/s1. The first-order valence-electron chi connectivity index (χ1n) is 12.1. The van der Waals surface area contributed by atoms with E-state index < -0.39 is 0 Å². The Labute approximate surface area is 180 Å². The molecule has 4 heterocycles. The lowest BCUT2D eigenvalue weighted by atomic mass is 9.72. The molecule has 0 unspecified atom stereocenters. The van der Waals surface area contributed by atoms with Crippen LogP contribution in [0.15, 0.2) is 18.3 Å². The number of hydrogen-bond acceptors (Lipinski definition) is 3. The van der Waals surface area contributed by atoms with Gasteiger partial charge in [0.1, 0.15) is 5.69 Å². The maximum Gasteiger partial charge on any atom is 0.270 e. The molecule has 0 aromatic carbocycles. The summed E-state index contributed by atoms with van der Waals surface area (Å²) in [5.41, 5.74) is 0.866. The third-order valence-corrected chi connectivity index (χ3v) is 7.83. The first kappa shape index (κ1) is 20.1. The van der Waals surface area contributed by atoms with E-state index in [4.69, 9.17) is 0 Å². The molecule has 5 rings (SSSR count). The lowest BCUT2D eigenvalue weighted by Crippen LogP contribution is -2.66. The van der Waals surface area contributed by atoms with Crippen LogP contribution in [0.5, 0.6) is 0 Å². The van der Waals surface area contributed by atoms with Crippen LogP contribution in [0.3, 0.4) is 0 Å². The fourth-order valence-electron chi connectivity index (χ4n) is 6.30. The van der Waals surface area contributed by atoms with E-state index in [1.165, 1.54) is 38.5 Å². The Bertz CT molecular complexity index is 786. The van der Waals surface area contributed by atoms with Crippen molar-refractivity contribution in [1.82, 2.24) is 19.7 Å². The number of likely N-dealkylation sites (tertiary alicyclic amines) is 1. The Balaban J connectivity index is 1.34. The minimum atomic E-state index is 0.166. The number of rotatable bonds is 6. The van der Waals surface area contributed by atoms with Crippen LogP contribution in [0.2, 0.25) is 0 Å². The Morgan fingerprint density at radius 1 is 1.13 bits per heavy atom. The zero-order valence-corrected chi connectivity index (χ0v) is 18.3. The molecule has 4 atom stereocenters. The van der Waals surface area contributed by atoms with Crippen molar-refractivity contribution >= 4 is 11.8 Å². The van der Waals surface area contributed by atoms with Crippen LogP contribution >= 0.6 is 0 Å². The molecule has 3 saturated heterocycles. The van der Waals surface area contributed by atoms with E-state index in [1.807, 2.05) is 19.1 Å². The molecule has 4 fully saturated rings. The zero-order valence-electron chi connectivity index (χ0n) is 18.3. The van der Waals surface area contributed by atoms with Gasteiger partial charge in [0.05, 0.1) is 0 Å². The average molecular weight is 413 g/mol. The minimum Gasteiger partial charge on any atom is -0.355 e. The van der Waals surface area contributed by atoms with Gasteiger partial charge >= 0.3 is 0 Å². The normalized spacial score (nSPS) is 31.3. The van der Waals surface area contributed by atoms with Gasteiger partial charge in [0.25, 0.3) is 5.91 Å². The Morgan fingerprint density at radius 2 is 1.97 bits per heavy atom. The number of carbonyl (C=O) groups excluding carboxylic acids is 2. The predicted octanol–water partition coefficient (Wildman–Crippen LogP) is 3.05. The second-order valence-corrected chi connectivity index (χ2v) is 9.92. The minimum absolute atomic E-state index is 0.166. The quantitative estimate of drug-likeness (QED) is 0.781. The topological polar surface area (TPSA) is 57.6 Å². The van der Waals surface area contributed by atoms with Crippen LogP contribution in [0, 0.1) is 11.8 Å². The molecule has 6 heteroatoms. The second kappa shape index (κ2) is 8.37. The molecule has 6 nitrogen and oxygen atoms in total. The Morgan fingerprint density at radius 3 is 2.77 bits per heavy atom. The second-order valence-electron chi connectivity index (χ2n) is 9.92. The van der Waals surface area contributed by atoms with E-state index >= 15 is 0 Å². The number of aromatic nitrogens is 1. The van der Waals surface area contributed by atoms with Gasteiger partial charge in [-0.05, 0) is 69.0 Å².